The summed E-state index contributed by atoms with van der Waals surface area (Å²) >= 11 is 0. The van der Waals surface area contributed by atoms with Gasteiger partial charge in [-0.3, -0.25) is 0 Å². The van der Waals surface area contributed by atoms with Gasteiger partial charge in [-0.25, -0.2) is 0 Å². The van der Waals surface area contributed by atoms with E-state index >= 15 is 0 Å². The number of ether oxygens (including phenoxy) is 1. The maximum atomic E-state index is 5.40. The second-order valence-corrected chi connectivity index (χ2v) is 6.24. The highest BCUT2D eigenvalue weighted by atomic mass is 16.5. The van der Waals surface area contributed by atoms with Gasteiger partial charge in [-0.05, 0) is 67.8 Å². The molecule has 2 saturated heterocycles. The Morgan fingerprint density at radius 2 is 2.17 bits per heavy atom. The lowest BCUT2D eigenvalue weighted by molar-refractivity contribution is 0.109. The molecule has 2 bridgehead atoms. The Labute approximate surface area is 109 Å². The molecule has 3 aliphatic rings. The quantitative estimate of drug-likeness (QED) is 0.752. The molecule has 0 saturated carbocycles. The zero-order valence-electron chi connectivity index (χ0n) is 11.2. The molecule has 2 fully saturated rings. The molecule has 2 heterocycles. The monoisotopic (exact) mass is 243 g/mol. The number of benzene rings is 1. The first kappa shape index (κ1) is 10.9. The van der Waals surface area contributed by atoms with Crippen LogP contribution in [0.25, 0.3) is 0 Å². The minimum atomic E-state index is 0.795. The lowest BCUT2D eigenvalue weighted by atomic mass is 9.81. The summed E-state index contributed by atoms with van der Waals surface area (Å²) in [5.41, 5.74) is 3.16. The average Bonchev–Trinajstić information content (AvgIpc) is 2.86. The van der Waals surface area contributed by atoms with E-state index in [-0.39, 0.29) is 0 Å². The van der Waals surface area contributed by atoms with Crippen LogP contribution < -0.4 is 4.74 Å². The van der Waals surface area contributed by atoms with Gasteiger partial charge in [-0.1, -0.05) is 6.07 Å². The molecule has 1 aliphatic carbocycles. The van der Waals surface area contributed by atoms with Crippen molar-refractivity contribution in [2.75, 3.05) is 14.2 Å². The highest BCUT2D eigenvalue weighted by molar-refractivity contribution is 5.43. The zero-order chi connectivity index (χ0) is 12.3. The molecule has 1 aromatic carbocycles. The van der Waals surface area contributed by atoms with E-state index in [9.17, 15) is 0 Å². The predicted molar refractivity (Wildman–Crippen MR) is 72.1 cm³/mol. The van der Waals surface area contributed by atoms with Crippen molar-refractivity contribution in [3.05, 3.63) is 29.3 Å². The third kappa shape index (κ3) is 1.33. The van der Waals surface area contributed by atoms with E-state index in [1.165, 1.54) is 25.7 Å². The van der Waals surface area contributed by atoms with Crippen LogP contribution in [0.3, 0.4) is 0 Å². The zero-order valence-corrected chi connectivity index (χ0v) is 11.2. The second-order valence-electron chi connectivity index (χ2n) is 6.24. The summed E-state index contributed by atoms with van der Waals surface area (Å²) in [6, 6.07) is 8.36. The first-order valence-corrected chi connectivity index (χ1v) is 7.16. The molecular weight excluding hydrogens is 222 g/mol. The highest BCUT2D eigenvalue weighted by Crippen LogP contribution is 2.52. The molecule has 0 N–H and O–H groups in total. The van der Waals surface area contributed by atoms with E-state index in [0.717, 1.165) is 29.7 Å². The SMILES string of the molecule is COc1ccc2c(c1)[C@H]1CC3CCC([C@H]1C2)N3C. The van der Waals surface area contributed by atoms with Gasteiger partial charge in [0.15, 0.2) is 0 Å². The van der Waals surface area contributed by atoms with E-state index < -0.39 is 0 Å². The van der Waals surface area contributed by atoms with Crippen molar-refractivity contribution in [2.24, 2.45) is 5.92 Å². The van der Waals surface area contributed by atoms with Crippen LogP contribution in [0.2, 0.25) is 0 Å². The number of methoxy groups -OCH3 is 1. The van der Waals surface area contributed by atoms with Crippen molar-refractivity contribution in [3.63, 3.8) is 0 Å². The lowest BCUT2D eigenvalue weighted by Crippen LogP contribution is -2.44. The fourth-order valence-corrected chi connectivity index (χ4v) is 4.70. The van der Waals surface area contributed by atoms with Crippen molar-refractivity contribution >= 4 is 0 Å². The molecule has 0 spiro atoms. The van der Waals surface area contributed by atoms with E-state index in [2.05, 4.69) is 30.1 Å². The summed E-state index contributed by atoms with van der Waals surface area (Å²) in [6.07, 6.45) is 5.46. The Kier molecular flexibility index (Phi) is 2.25. The van der Waals surface area contributed by atoms with Crippen LogP contribution in [-0.2, 0) is 6.42 Å². The van der Waals surface area contributed by atoms with Gasteiger partial charge in [0.2, 0.25) is 0 Å². The van der Waals surface area contributed by atoms with Crippen LogP contribution in [0.5, 0.6) is 5.75 Å². The fraction of sp³-hybridized carbons (Fsp3) is 0.625. The molecule has 2 heteroatoms. The molecule has 2 unspecified atom stereocenters. The summed E-state index contributed by atoms with van der Waals surface area (Å²) in [4.78, 5) is 2.66. The summed E-state index contributed by atoms with van der Waals surface area (Å²) in [5.74, 6) is 2.68. The van der Waals surface area contributed by atoms with Crippen molar-refractivity contribution in [3.8, 4) is 5.75 Å². The molecular formula is C16H21NO. The molecule has 2 aliphatic heterocycles. The minimum Gasteiger partial charge on any atom is -0.497 e. The Balaban J connectivity index is 1.74. The van der Waals surface area contributed by atoms with E-state index in [4.69, 9.17) is 4.74 Å². The van der Waals surface area contributed by atoms with Crippen LogP contribution in [0, 0.1) is 5.92 Å². The normalized spacial score (nSPS) is 37.4. The molecule has 4 rings (SSSR count). The molecule has 0 amide bonds. The van der Waals surface area contributed by atoms with Crippen molar-refractivity contribution < 1.29 is 4.74 Å². The van der Waals surface area contributed by atoms with Crippen LogP contribution >= 0.6 is 0 Å². The first-order chi connectivity index (χ1) is 8.78. The summed E-state index contributed by atoms with van der Waals surface area (Å²) < 4.78 is 5.40. The third-order valence-corrected chi connectivity index (χ3v) is 5.64. The molecule has 1 aromatic rings. The van der Waals surface area contributed by atoms with Gasteiger partial charge in [0, 0.05) is 12.1 Å². The van der Waals surface area contributed by atoms with Crippen molar-refractivity contribution in [2.45, 2.75) is 43.7 Å². The molecule has 4 atom stereocenters. The van der Waals surface area contributed by atoms with Crippen molar-refractivity contribution in [1.82, 2.24) is 4.90 Å². The van der Waals surface area contributed by atoms with Crippen LogP contribution in [-0.4, -0.2) is 31.1 Å². The number of fused-ring (bicyclic) bond motifs is 6. The summed E-state index contributed by atoms with van der Waals surface area (Å²) in [6.45, 7) is 0. The summed E-state index contributed by atoms with van der Waals surface area (Å²) in [5, 5.41) is 0. The van der Waals surface area contributed by atoms with Gasteiger partial charge in [0.1, 0.15) is 5.75 Å². The predicted octanol–water partition coefficient (Wildman–Crippen LogP) is 2.82. The van der Waals surface area contributed by atoms with Gasteiger partial charge >= 0.3 is 0 Å². The standard InChI is InChI=1S/C16H21NO/c1-17-11-4-6-16(17)15-7-10-3-5-12(18-2)9-13(10)14(15)8-11/h3,5,9,11,14-16H,4,6-8H2,1-2H3/t11?,14-,15+,16?/m1/s1. The first-order valence-electron chi connectivity index (χ1n) is 7.16. The smallest absolute Gasteiger partial charge is 0.119 e. The molecule has 2 nitrogen and oxygen atoms in total. The van der Waals surface area contributed by atoms with Gasteiger partial charge in [0.05, 0.1) is 7.11 Å². The Hall–Kier alpha value is -1.02. The Bertz CT molecular complexity index is 484. The fourth-order valence-electron chi connectivity index (χ4n) is 4.70. The van der Waals surface area contributed by atoms with Gasteiger partial charge in [-0.15, -0.1) is 0 Å². The molecule has 0 radical (unpaired) electrons. The van der Waals surface area contributed by atoms with E-state index in [0.29, 0.717) is 0 Å². The molecule has 96 valence electrons. The topological polar surface area (TPSA) is 12.5 Å². The number of piperidine rings is 1. The van der Waals surface area contributed by atoms with Crippen LogP contribution in [0.1, 0.15) is 36.3 Å². The lowest BCUT2D eigenvalue weighted by Gasteiger charge is -2.40. The summed E-state index contributed by atoms with van der Waals surface area (Å²) in [7, 11) is 4.11. The van der Waals surface area contributed by atoms with Crippen LogP contribution in [0.4, 0.5) is 0 Å². The van der Waals surface area contributed by atoms with E-state index in [1.807, 2.05) is 0 Å². The Morgan fingerprint density at radius 1 is 1.28 bits per heavy atom. The van der Waals surface area contributed by atoms with Crippen LogP contribution in [0.15, 0.2) is 18.2 Å². The van der Waals surface area contributed by atoms with Gasteiger partial charge in [0.25, 0.3) is 0 Å². The third-order valence-electron chi connectivity index (χ3n) is 5.64. The van der Waals surface area contributed by atoms with Gasteiger partial charge < -0.3 is 9.64 Å². The number of nitrogens with zero attached hydrogens (tertiary/aromatic N) is 1. The second kappa shape index (κ2) is 3.74. The number of hydrogen-bond donors (Lipinski definition) is 0. The van der Waals surface area contributed by atoms with Gasteiger partial charge in [-0.2, -0.15) is 0 Å². The molecule has 0 aromatic heterocycles. The highest BCUT2D eigenvalue weighted by Gasteiger charge is 2.48. The van der Waals surface area contributed by atoms with E-state index in [1.54, 1.807) is 18.2 Å². The maximum Gasteiger partial charge on any atom is 0.119 e. The largest absolute Gasteiger partial charge is 0.497 e. The number of hydrogen-bond acceptors (Lipinski definition) is 2. The molecule has 18 heavy (non-hydrogen) atoms. The minimum absolute atomic E-state index is 0.795. The number of rotatable bonds is 1. The van der Waals surface area contributed by atoms with Crippen molar-refractivity contribution in [1.29, 1.82) is 0 Å². The average molecular weight is 243 g/mol. The maximum absolute atomic E-state index is 5.40. The Morgan fingerprint density at radius 3 is 3.00 bits per heavy atom.